The van der Waals surface area contributed by atoms with Crippen LogP contribution in [0.3, 0.4) is 0 Å². The predicted molar refractivity (Wildman–Crippen MR) is 79.7 cm³/mol. The number of nitrogen functional groups attached to an aromatic ring is 1. The number of carbonyl (C=O) groups excluding carboxylic acids is 2. The summed E-state index contributed by atoms with van der Waals surface area (Å²) >= 11 is 7.01. The lowest BCUT2D eigenvalue weighted by atomic mass is 10.0. The van der Waals surface area contributed by atoms with Gasteiger partial charge in [-0.05, 0) is 30.2 Å². The summed E-state index contributed by atoms with van der Waals surface area (Å²) in [5.74, 6) is 3.96. The summed E-state index contributed by atoms with van der Waals surface area (Å²) in [5, 5.41) is 0.609. The highest BCUT2D eigenvalue weighted by Crippen LogP contribution is 2.36. The van der Waals surface area contributed by atoms with Crippen molar-refractivity contribution in [3.05, 3.63) is 45.3 Å². The highest BCUT2D eigenvalue weighted by Gasteiger charge is 2.24. The van der Waals surface area contributed by atoms with E-state index in [1.54, 1.807) is 19.1 Å². The summed E-state index contributed by atoms with van der Waals surface area (Å²) in [5.41, 5.74) is 9.09. The standard InChI is InChI=1S/C13H12ClN3O2S/c1-6-9(13(19)17-16)11(12(15)18)20-10(6)7-2-4-8(14)5-3-7/h2-5H,16H2,1H3,(H2,15,18)(H,17,19). The molecule has 2 rings (SSSR count). The van der Waals surface area contributed by atoms with Crippen molar-refractivity contribution in [3.8, 4) is 10.4 Å². The Morgan fingerprint density at radius 3 is 2.35 bits per heavy atom. The third-order valence-corrected chi connectivity index (χ3v) is 4.44. The van der Waals surface area contributed by atoms with Crippen LogP contribution in [-0.2, 0) is 0 Å². The number of nitrogens with two attached hydrogens (primary N) is 2. The van der Waals surface area contributed by atoms with Crippen LogP contribution < -0.4 is 17.0 Å². The Balaban J connectivity index is 2.64. The molecule has 0 unspecified atom stereocenters. The fraction of sp³-hybridized carbons (Fsp3) is 0.0769. The molecule has 0 bridgehead atoms. The maximum absolute atomic E-state index is 11.8. The van der Waals surface area contributed by atoms with Crippen LogP contribution >= 0.6 is 22.9 Å². The van der Waals surface area contributed by atoms with E-state index in [-0.39, 0.29) is 10.4 Å². The number of primary amides is 1. The van der Waals surface area contributed by atoms with Gasteiger partial charge in [-0.2, -0.15) is 0 Å². The van der Waals surface area contributed by atoms with Gasteiger partial charge in [0, 0.05) is 9.90 Å². The molecule has 0 spiro atoms. The second-order valence-corrected chi connectivity index (χ2v) is 5.56. The van der Waals surface area contributed by atoms with Gasteiger partial charge in [0.2, 0.25) is 0 Å². The molecule has 104 valence electrons. The number of rotatable bonds is 3. The number of carbonyl (C=O) groups is 2. The summed E-state index contributed by atoms with van der Waals surface area (Å²) < 4.78 is 0. The first-order chi connectivity index (χ1) is 9.45. The molecule has 0 radical (unpaired) electrons. The number of halogens is 1. The maximum atomic E-state index is 11.8. The van der Waals surface area contributed by atoms with Crippen LogP contribution in [0.15, 0.2) is 24.3 Å². The number of amides is 2. The Labute approximate surface area is 124 Å². The number of hydrazine groups is 1. The van der Waals surface area contributed by atoms with Gasteiger partial charge >= 0.3 is 0 Å². The molecule has 20 heavy (non-hydrogen) atoms. The van der Waals surface area contributed by atoms with Crippen LogP contribution in [0.2, 0.25) is 5.02 Å². The SMILES string of the molecule is Cc1c(-c2ccc(Cl)cc2)sc(C(N)=O)c1C(=O)NN. The third-order valence-electron chi connectivity index (χ3n) is 2.84. The number of thiophene rings is 1. The molecule has 2 aromatic rings. The van der Waals surface area contributed by atoms with E-state index in [0.717, 1.165) is 21.8 Å². The molecule has 0 aliphatic carbocycles. The van der Waals surface area contributed by atoms with Gasteiger partial charge in [-0.25, -0.2) is 5.84 Å². The molecular formula is C13H12ClN3O2S. The molecule has 5 nitrogen and oxygen atoms in total. The average molecular weight is 310 g/mol. The van der Waals surface area contributed by atoms with E-state index >= 15 is 0 Å². The van der Waals surface area contributed by atoms with Crippen molar-refractivity contribution in [2.45, 2.75) is 6.92 Å². The van der Waals surface area contributed by atoms with Gasteiger partial charge in [-0.1, -0.05) is 23.7 Å². The molecule has 1 aromatic heterocycles. The first-order valence-corrected chi connectivity index (χ1v) is 6.85. The molecule has 2 amide bonds. The van der Waals surface area contributed by atoms with E-state index < -0.39 is 11.8 Å². The van der Waals surface area contributed by atoms with Crippen LogP contribution in [-0.4, -0.2) is 11.8 Å². The molecule has 0 aliphatic heterocycles. The van der Waals surface area contributed by atoms with Crippen LogP contribution in [0.4, 0.5) is 0 Å². The summed E-state index contributed by atoms with van der Waals surface area (Å²) in [7, 11) is 0. The van der Waals surface area contributed by atoms with E-state index in [1.165, 1.54) is 0 Å². The molecule has 5 N–H and O–H groups in total. The highest BCUT2D eigenvalue weighted by molar-refractivity contribution is 7.18. The van der Waals surface area contributed by atoms with E-state index in [9.17, 15) is 9.59 Å². The minimum atomic E-state index is -0.656. The topological polar surface area (TPSA) is 98.2 Å². The fourth-order valence-corrected chi connectivity index (χ4v) is 3.20. The van der Waals surface area contributed by atoms with E-state index in [2.05, 4.69) is 0 Å². The minimum absolute atomic E-state index is 0.190. The Morgan fingerprint density at radius 2 is 1.85 bits per heavy atom. The van der Waals surface area contributed by atoms with Gasteiger partial charge in [-0.15, -0.1) is 11.3 Å². The van der Waals surface area contributed by atoms with E-state index in [1.807, 2.05) is 17.6 Å². The Kier molecular flexibility index (Phi) is 4.08. The zero-order chi connectivity index (χ0) is 14.9. The Hall–Kier alpha value is -1.89. The second-order valence-electron chi connectivity index (χ2n) is 4.10. The van der Waals surface area contributed by atoms with Crippen LogP contribution in [0.25, 0.3) is 10.4 Å². The van der Waals surface area contributed by atoms with Gasteiger partial charge in [0.05, 0.1) is 5.56 Å². The number of nitrogens with one attached hydrogen (secondary N) is 1. The van der Waals surface area contributed by atoms with Crippen molar-refractivity contribution in [2.75, 3.05) is 0 Å². The van der Waals surface area contributed by atoms with Gasteiger partial charge in [0.25, 0.3) is 11.8 Å². The van der Waals surface area contributed by atoms with Crippen molar-refractivity contribution in [3.63, 3.8) is 0 Å². The summed E-state index contributed by atoms with van der Waals surface area (Å²) in [6, 6.07) is 7.11. The lowest BCUT2D eigenvalue weighted by molar-refractivity contribution is 0.0938. The summed E-state index contributed by atoms with van der Waals surface area (Å²) in [6.07, 6.45) is 0. The van der Waals surface area contributed by atoms with Gasteiger partial charge in [0.15, 0.2) is 0 Å². The van der Waals surface area contributed by atoms with Crippen molar-refractivity contribution in [1.82, 2.24) is 5.43 Å². The van der Waals surface area contributed by atoms with Crippen molar-refractivity contribution >= 4 is 34.8 Å². The monoisotopic (exact) mass is 309 g/mol. The quantitative estimate of drug-likeness (QED) is 0.460. The molecule has 7 heteroatoms. The summed E-state index contributed by atoms with van der Waals surface area (Å²) in [6.45, 7) is 1.75. The van der Waals surface area contributed by atoms with Crippen LogP contribution in [0.1, 0.15) is 25.6 Å². The fourth-order valence-electron chi connectivity index (χ4n) is 1.91. The largest absolute Gasteiger partial charge is 0.365 e. The lowest BCUT2D eigenvalue weighted by Crippen LogP contribution is -2.31. The normalized spacial score (nSPS) is 10.3. The first kappa shape index (κ1) is 14.5. The Morgan fingerprint density at radius 1 is 1.25 bits per heavy atom. The zero-order valence-electron chi connectivity index (χ0n) is 10.6. The first-order valence-electron chi connectivity index (χ1n) is 5.65. The molecule has 0 saturated carbocycles. The predicted octanol–water partition coefficient (Wildman–Crippen LogP) is 2.08. The molecule has 0 aliphatic rings. The molecule has 1 heterocycles. The number of hydrogen-bond acceptors (Lipinski definition) is 4. The van der Waals surface area contributed by atoms with Crippen molar-refractivity contribution < 1.29 is 9.59 Å². The number of hydrogen-bond donors (Lipinski definition) is 3. The molecular weight excluding hydrogens is 298 g/mol. The third kappa shape index (κ3) is 2.53. The molecule has 0 saturated heterocycles. The summed E-state index contributed by atoms with van der Waals surface area (Å²) in [4.78, 5) is 24.3. The smallest absolute Gasteiger partial charge is 0.267 e. The van der Waals surface area contributed by atoms with Crippen molar-refractivity contribution in [1.29, 1.82) is 0 Å². The zero-order valence-corrected chi connectivity index (χ0v) is 12.1. The van der Waals surface area contributed by atoms with E-state index in [4.69, 9.17) is 23.2 Å². The van der Waals surface area contributed by atoms with Gasteiger partial charge < -0.3 is 5.73 Å². The van der Waals surface area contributed by atoms with Gasteiger partial charge in [-0.3, -0.25) is 15.0 Å². The molecule has 1 aromatic carbocycles. The molecule has 0 fully saturated rings. The molecule has 0 atom stereocenters. The second kappa shape index (κ2) is 5.62. The van der Waals surface area contributed by atoms with Gasteiger partial charge in [0.1, 0.15) is 4.88 Å². The Bertz CT molecular complexity index is 680. The van der Waals surface area contributed by atoms with Crippen molar-refractivity contribution in [2.24, 2.45) is 11.6 Å². The lowest BCUT2D eigenvalue weighted by Gasteiger charge is -2.02. The average Bonchev–Trinajstić information content (AvgIpc) is 2.77. The number of benzene rings is 1. The van der Waals surface area contributed by atoms with E-state index in [0.29, 0.717) is 10.6 Å². The maximum Gasteiger partial charge on any atom is 0.267 e. The van der Waals surface area contributed by atoms with Crippen LogP contribution in [0, 0.1) is 6.92 Å². The minimum Gasteiger partial charge on any atom is -0.365 e. The highest BCUT2D eigenvalue weighted by atomic mass is 35.5. The van der Waals surface area contributed by atoms with Crippen LogP contribution in [0.5, 0.6) is 0 Å².